The Hall–Kier alpha value is -3.15. The van der Waals surface area contributed by atoms with Crippen LogP contribution in [-0.2, 0) is 20.9 Å². The molecule has 0 aliphatic carbocycles. The van der Waals surface area contributed by atoms with Crippen LogP contribution >= 0.6 is 0 Å². The van der Waals surface area contributed by atoms with Crippen LogP contribution in [-0.4, -0.2) is 38.4 Å². The van der Waals surface area contributed by atoms with Crippen molar-refractivity contribution < 1.29 is 19.1 Å². The van der Waals surface area contributed by atoms with Crippen molar-refractivity contribution in [3.05, 3.63) is 65.7 Å². The molecule has 1 amide bonds. The molecule has 0 spiro atoms. The van der Waals surface area contributed by atoms with Gasteiger partial charge in [0.2, 0.25) is 0 Å². The molecule has 0 unspecified atom stereocenters. The van der Waals surface area contributed by atoms with Crippen LogP contribution in [0.2, 0.25) is 0 Å². The Kier molecular flexibility index (Phi) is 7.55. The number of carbonyl (C=O) groups excluding carboxylic acids is 3. The van der Waals surface area contributed by atoms with E-state index in [9.17, 15) is 14.4 Å². The Labute approximate surface area is 159 Å². The van der Waals surface area contributed by atoms with Crippen molar-refractivity contribution >= 4 is 23.3 Å². The summed E-state index contributed by atoms with van der Waals surface area (Å²) in [5.74, 6) is -1.07. The lowest BCUT2D eigenvalue weighted by atomic mass is 10.1. The highest BCUT2D eigenvalue weighted by Crippen LogP contribution is 2.12. The second-order valence-corrected chi connectivity index (χ2v) is 6.29. The maximum Gasteiger partial charge on any atom is 0.306 e. The summed E-state index contributed by atoms with van der Waals surface area (Å²) >= 11 is 0. The minimum Gasteiger partial charge on any atom is -0.456 e. The summed E-state index contributed by atoms with van der Waals surface area (Å²) < 4.78 is 4.92. The number of nitrogens with zero attached hydrogens (tertiary/aromatic N) is 1. The quantitative estimate of drug-likeness (QED) is 0.544. The van der Waals surface area contributed by atoms with Crippen molar-refractivity contribution in [2.45, 2.75) is 19.4 Å². The zero-order valence-electron chi connectivity index (χ0n) is 15.6. The van der Waals surface area contributed by atoms with Gasteiger partial charge in [0.25, 0.3) is 5.91 Å². The third kappa shape index (κ3) is 6.93. The van der Waals surface area contributed by atoms with Gasteiger partial charge in [-0.2, -0.15) is 0 Å². The van der Waals surface area contributed by atoms with E-state index in [2.05, 4.69) is 5.32 Å². The predicted molar refractivity (Wildman–Crippen MR) is 104 cm³/mol. The van der Waals surface area contributed by atoms with E-state index in [4.69, 9.17) is 4.74 Å². The van der Waals surface area contributed by atoms with Crippen LogP contribution in [0.3, 0.4) is 0 Å². The van der Waals surface area contributed by atoms with Crippen LogP contribution in [0.25, 0.3) is 0 Å². The molecule has 0 fully saturated rings. The van der Waals surface area contributed by atoms with Crippen LogP contribution in [0.15, 0.2) is 54.6 Å². The molecule has 0 saturated heterocycles. The lowest BCUT2D eigenvalue weighted by molar-refractivity contribution is -0.148. The fourth-order valence-corrected chi connectivity index (χ4v) is 2.37. The highest BCUT2D eigenvalue weighted by Gasteiger charge is 2.11. The Morgan fingerprint density at radius 2 is 1.59 bits per heavy atom. The Morgan fingerprint density at radius 1 is 0.926 bits per heavy atom. The summed E-state index contributed by atoms with van der Waals surface area (Å²) in [4.78, 5) is 37.4. The number of rotatable bonds is 9. The predicted octanol–water partition coefficient (Wildman–Crippen LogP) is 2.58. The van der Waals surface area contributed by atoms with Crippen molar-refractivity contribution in [1.82, 2.24) is 5.32 Å². The molecular weight excluding hydrogens is 344 g/mol. The minimum absolute atomic E-state index is 0.0486. The molecule has 0 atom stereocenters. The van der Waals surface area contributed by atoms with E-state index in [1.165, 1.54) is 0 Å². The molecule has 6 heteroatoms. The molecule has 0 bridgehead atoms. The summed E-state index contributed by atoms with van der Waals surface area (Å²) in [7, 11) is 3.91. The van der Waals surface area contributed by atoms with Crippen LogP contribution < -0.4 is 10.2 Å². The van der Waals surface area contributed by atoms with E-state index in [0.717, 1.165) is 11.3 Å². The third-order valence-electron chi connectivity index (χ3n) is 3.96. The van der Waals surface area contributed by atoms with Gasteiger partial charge in [-0.1, -0.05) is 42.5 Å². The standard InChI is InChI=1S/C21H24N2O4/c1-23(2)18-10-8-16(9-11-18)14-22-20(25)15-27-21(26)13-12-19(24)17-6-4-3-5-7-17/h3-11H,12-15H2,1-2H3,(H,22,25). The minimum atomic E-state index is -0.565. The van der Waals surface area contributed by atoms with Gasteiger partial charge in [0.1, 0.15) is 0 Å². The number of anilines is 1. The molecule has 1 N–H and O–H groups in total. The van der Waals surface area contributed by atoms with Gasteiger partial charge >= 0.3 is 5.97 Å². The third-order valence-corrected chi connectivity index (χ3v) is 3.96. The molecule has 2 rings (SSSR count). The first-order chi connectivity index (χ1) is 13.0. The fourth-order valence-electron chi connectivity index (χ4n) is 2.37. The second-order valence-electron chi connectivity index (χ2n) is 6.29. The molecule has 0 heterocycles. The molecule has 0 aromatic heterocycles. The Balaban J connectivity index is 1.66. The molecule has 0 saturated carbocycles. The molecule has 2 aromatic carbocycles. The van der Waals surface area contributed by atoms with Gasteiger partial charge in [-0.05, 0) is 17.7 Å². The van der Waals surface area contributed by atoms with Gasteiger partial charge in [-0.25, -0.2) is 0 Å². The first kappa shape index (κ1) is 20.2. The Morgan fingerprint density at radius 3 is 2.22 bits per heavy atom. The summed E-state index contributed by atoms with van der Waals surface area (Å²) in [6.45, 7) is 0.00469. The second kappa shape index (κ2) is 10.1. The molecule has 2 aromatic rings. The van der Waals surface area contributed by atoms with Crippen molar-refractivity contribution in [3.63, 3.8) is 0 Å². The molecule has 142 valence electrons. The van der Waals surface area contributed by atoms with E-state index in [0.29, 0.717) is 12.1 Å². The topological polar surface area (TPSA) is 75.7 Å². The average molecular weight is 368 g/mol. The van der Waals surface area contributed by atoms with E-state index < -0.39 is 5.97 Å². The van der Waals surface area contributed by atoms with Crippen molar-refractivity contribution in [3.8, 4) is 0 Å². The van der Waals surface area contributed by atoms with Gasteiger partial charge in [-0.15, -0.1) is 0 Å². The first-order valence-corrected chi connectivity index (χ1v) is 8.72. The van der Waals surface area contributed by atoms with Gasteiger partial charge in [-0.3, -0.25) is 14.4 Å². The largest absolute Gasteiger partial charge is 0.456 e. The van der Waals surface area contributed by atoms with Crippen LogP contribution in [0, 0.1) is 0 Å². The molecule has 6 nitrogen and oxygen atoms in total. The number of hydrogen-bond acceptors (Lipinski definition) is 5. The zero-order chi connectivity index (χ0) is 19.6. The smallest absolute Gasteiger partial charge is 0.306 e. The molecule has 27 heavy (non-hydrogen) atoms. The molecular formula is C21H24N2O4. The van der Waals surface area contributed by atoms with Gasteiger partial charge in [0, 0.05) is 38.3 Å². The van der Waals surface area contributed by atoms with Crippen molar-refractivity contribution in [1.29, 1.82) is 0 Å². The molecule has 0 radical (unpaired) electrons. The number of Topliss-reactive ketones (excluding diaryl/α,β-unsaturated/α-hetero) is 1. The number of amides is 1. The van der Waals surface area contributed by atoms with Gasteiger partial charge < -0.3 is 15.0 Å². The van der Waals surface area contributed by atoms with E-state index in [1.54, 1.807) is 24.3 Å². The first-order valence-electron chi connectivity index (χ1n) is 8.72. The zero-order valence-corrected chi connectivity index (χ0v) is 15.6. The van der Waals surface area contributed by atoms with Gasteiger partial charge in [0.15, 0.2) is 12.4 Å². The summed E-state index contributed by atoms with van der Waals surface area (Å²) in [6.07, 6.45) is 0.00962. The average Bonchev–Trinajstić information content (AvgIpc) is 2.69. The number of ether oxygens (including phenoxy) is 1. The van der Waals surface area contributed by atoms with E-state index in [1.807, 2.05) is 49.3 Å². The van der Waals surface area contributed by atoms with Crippen LogP contribution in [0.5, 0.6) is 0 Å². The number of benzene rings is 2. The maximum atomic E-state index is 11.9. The molecule has 0 aliphatic heterocycles. The monoisotopic (exact) mass is 368 g/mol. The highest BCUT2D eigenvalue weighted by atomic mass is 16.5. The summed E-state index contributed by atoms with van der Waals surface area (Å²) in [5, 5.41) is 2.70. The summed E-state index contributed by atoms with van der Waals surface area (Å²) in [5.41, 5.74) is 2.58. The highest BCUT2D eigenvalue weighted by molar-refractivity contribution is 5.97. The SMILES string of the molecule is CN(C)c1ccc(CNC(=O)COC(=O)CCC(=O)c2ccccc2)cc1. The number of esters is 1. The van der Waals surface area contributed by atoms with Crippen LogP contribution in [0.4, 0.5) is 5.69 Å². The van der Waals surface area contributed by atoms with Crippen molar-refractivity contribution in [2.24, 2.45) is 0 Å². The maximum absolute atomic E-state index is 11.9. The lowest BCUT2D eigenvalue weighted by Crippen LogP contribution is -2.28. The normalized spacial score (nSPS) is 10.1. The number of carbonyl (C=O) groups is 3. The summed E-state index contributed by atoms with van der Waals surface area (Å²) in [6, 6.07) is 16.5. The number of hydrogen-bond donors (Lipinski definition) is 1. The van der Waals surface area contributed by atoms with Crippen LogP contribution in [0.1, 0.15) is 28.8 Å². The van der Waals surface area contributed by atoms with E-state index in [-0.39, 0.29) is 31.1 Å². The van der Waals surface area contributed by atoms with Gasteiger partial charge in [0.05, 0.1) is 6.42 Å². The number of ketones is 1. The lowest BCUT2D eigenvalue weighted by Gasteiger charge is -2.13. The Bertz CT molecular complexity index is 771. The van der Waals surface area contributed by atoms with E-state index >= 15 is 0 Å². The number of nitrogens with one attached hydrogen (secondary N) is 1. The molecule has 0 aliphatic rings. The fraction of sp³-hybridized carbons (Fsp3) is 0.286. The van der Waals surface area contributed by atoms with Crippen molar-refractivity contribution in [2.75, 3.05) is 25.6 Å².